The second kappa shape index (κ2) is 5.31. The number of aromatic nitrogens is 2. The Labute approximate surface area is 96.5 Å². The zero-order valence-corrected chi connectivity index (χ0v) is 10.5. The van der Waals surface area contributed by atoms with Crippen molar-refractivity contribution in [3.8, 4) is 0 Å². The molecule has 1 aromatic rings. The van der Waals surface area contributed by atoms with Crippen LogP contribution in [-0.2, 0) is 0 Å². The van der Waals surface area contributed by atoms with Gasteiger partial charge in [0, 0.05) is 25.5 Å². The zero-order valence-electron chi connectivity index (χ0n) is 9.74. The fourth-order valence-electron chi connectivity index (χ4n) is 1.60. The van der Waals surface area contributed by atoms with Crippen LogP contribution in [0.15, 0.2) is 12.4 Å². The molecule has 0 aliphatic rings. The summed E-state index contributed by atoms with van der Waals surface area (Å²) in [6.45, 7) is 6.59. The summed E-state index contributed by atoms with van der Waals surface area (Å²) in [7, 11) is 2.00. The van der Waals surface area contributed by atoms with Gasteiger partial charge in [-0.25, -0.2) is 9.97 Å². The molecule has 0 aromatic carbocycles. The van der Waals surface area contributed by atoms with E-state index in [1.54, 1.807) is 12.4 Å². The maximum absolute atomic E-state index is 5.98. The van der Waals surface area contributed by atoms with E-state index in [9.17, 15) is 0 Å². The third-order valence-electron chi connectivity index (χ3n) is 2.44. The van der Waals surface area contributed by atoms with Crippen LogP contribution in [0, 0.1) is 5.92 Å². The van der Waals surface area contributed by atoms with Crippen molar-refractivity contribution in [3.63, 3.8) is 0 Å². The molecule has 0 fully saturated rings. The van der Waals surface area contributed by atoms with Crippen LogP contribution in [-0.4, -0.2) is 23.1 Å². The molecule has 0 saturated heterocycles. The monoisotopic (exact) mass is 227 g/mol. The molecule has 0 saturated carbocycles. The third kappa shape index (κ3) is 3.34. The highest BCUT2D eigenvalue weighted by Crippen LogP contribution is 2.22. The standard InChI is InChI=1S/C11H18ClN3/c1-8(2)7-9(3)15(4)11-10(12)13-5-6-14-11/h5-6,8-9H,7H2,1-4H3. The fraction of sp³-hybridized carbons (Fsp3) is 0.636. The molecule has 0 N–H and O–H groups in total. The molecule has 15 heavy (non-hydrogen) atoms. The van der Waals surface area contributed by atoms with Crippen LogP contribution in [0.3, 0.4) is 0 Å². The van der Waals surface area contributed by atoms with Crippen LogP contribution in [0.1, 0.15) is 27.2 Å². The van der Waals surface area contributed by atoms with Crippen molar-refractivity contribution >= 4 is 17.4 Å². The van der Waals surface area contributed by atoms with Crippen molar-refractivity contribution in [3.05, 3.63) is 17.5 Å². The molecule has 3 nitrogen and oxygen atoms in total. The third-order valence-corrected chi connectivity index (χ3v) is 2.71. The van der Waals surface area contributed by atoms with Gasteiger partial charge < -0.3 is 4.90 Å². The number of halogens is 1. The van der Waals surface area contributed by atoms with Gasteiger partial charge in [0.1, 0.15) is 0 Å². The first kappa shape index (κ1) is 12.2. The lowest BCUT2D eigenvalue weighted by molar-refractivity contribution is 0.502. The van der Waals surface area contributed by atoms with E-state index in [-0.39, 0.29) is 0 Å². The zero-order chi connectivity index (χ0) is 11.4. The Balaban J connectivity index is 2.76. The van der Waals surface area contributed by atoms with Crippen molar-refractivity contribution in [2.24, 2.45) is 5.92 Å². The van der Waals surface area contributed by atoms with Crippen LogP contribution >= 0.6 is 11.6 Å². The number of rotatable bonds is 4. The van der Waals surface area contributed by atoms with E-state index in [0.29, 0.717) is 17.1 Å². The number of hydrogen-bond acceptors (Lipinski definition) is 3. The highest BCUT2D eigenvalue weighted by Gasteiger charge is 2.15. The molecule has 1 unspecified atom stereocenters. The first-order valence-electron chi connectivity index (χ1n) is 5.21. The van der Waals surface area contributed by atoms with Gasteiger partial charge in [0.25, 0.3) is 0 Å². The SMILES string of the molecule is CC(C)CC(C)N(C)c1nccnc1Cl. The summed E-state index contributed by atoms with van der Waals surface area (Å²) in [5.41, 5.74) is 0. The highest BCUT2D eigenvalue weighted by atomic mass is 35.5. The molecule has 4 heteroatoms. The molecule has 0 amide bonds. The van der Waals surface area contributed by atoms with Gasteiger partial charge >= 0.3 is 0 Å². The Bertz CT molecular complexity index is 314. The molecule has 0 aliphatic carbocycles. The Morgan fingerprint density at radius 2 is 1.87 bits per heavy atom. The van der Waals surface area contributed by atoms with Crippen LogP contribution in [0.4, 0.5) is 5.82 Å². The van der Waals surface area contributed by atoms with Gasteiger partial charge in [-0.1, -0.05) is 25.4 Å². The van der Waals surface area contributed by atoms with Crippen molar-refractivity contribution < 1.29 is 0 Å². The van der Waals surface area contributed by atoms with Gasteiger partial charge in [-0.05, 0) is 19.3 Å². The predicted molar refractivity (Wildman–Crippen MR) is 64.4 cm³/mol. The second-order valence-corrected chi connectivity index (χ2v) is 4.62. The van der Waals surface area contributed by atoms with E-state index < -0.39 is 0 Å². The van der Waals surface area contributed by atoms with Crippen molar-refractivity contribution in [2.75, 3.05) is 11.9 Å². The Kier molecular flexibility index (Phi) is 4.33. The molecule has 0 radical (unpaired) electrons. The van der Waals surface area contributed by atoms with E-state index in [4.69, 9.17) is 11.6 Å². The Morgan fingerprint density at radius 1 is 1.27 bits per heavy atom. The summed E-state index contributed by atoms with van der Waals surface area (Å²) in [4.78, 5) is 10.3. The minimum Gasteiger partial charge on any atom is -0.354 e. The van der Waals surface area contributed by atoms with E-state index in [1.807, 2.05) is 7.05 Å². The lowest BCUT2D eigenvalue weighted by Crippen LogP contribution is -2.31. The van der Waals surface area contributed by atoms with Gasteiger partial charge in [0.15, 0.2) is 11.0 Å². The summed E-state index contributed by atoms with van der Waals surface area (Å²) in [6, 6.07) is 0.416. The van der Waals surface area contributed by atoms with Crippen molar-refractivity contribution in [1.29, 1.82) is 0 Å². The van der Waals surface area contributed by atoms with Crippen LogP contribution in [0.5, 0.6) is 0 Å². The maximum Gasteiger partial charge on any atom is 0.171 e. The molecular formula is C11H18ClN3. The average Bonchev–Trinajstić information content (AvgIpc) is 2.16. The van der Waals surface area contributed by atoms with E-state index in [0.717, 1.165) is 12.2 Å². The minimum atomic E-state index is 0.416. The van der Waals surface area contributed by atoms with Crippen LogP contribution in [0.25, 0.3) is 0 Å². The molecule has 1 aromatic heterocycles. The second-order valence-electron chi connectivity index (χ2n) is 4.26. The molecule has 84 valence electrons. The lowest BCUT2D eigenvalue weighted by Gasteiger charge is -2.27. The summed E-state index contributed by atoms with van der Waals surface area (Å²) in [5.74, 6) is 1.42. The topological polar surface area (TPSA) is 29.0 Å². The quantitative estimate of drug-likeness (QED) is 0.792. The largest absolute Gasteiger partial charge is 0.354 e. The van der Waals surface area contributed by atoms with Crippen LogP contribution < -0.4 is 4.90 Å². The first-order valence-corrected chi connectivity index (χ1v) is 5.59. The van der Waals surface area contributed by atoms with Gasteiger partial charge in [-0.3, -0.25) is 0 Å². The van der Waals surface area contributed by atoms with Gasteiger partial charge in [-0.2, -0.15) is 0 Å². The number of hydrogen-bond donors (Lipinski definition) is 0. The maximum atomic E-state index is 5.98. The summed E-state index contributed by atoms with van der Waals surface area (Å²) in [5, 5.41) is 0.468. The Morgan fingerprint density at radius 3 is 2.40 bits per heavy atom. The fourth-order valence-corrected chi connectivity index (χ4v) is 1.84. The molecule has 0 spiro atoms. The molecule has 1 rings (SSSR count). The smallest absolute Gasteiger partial charge is 0.171 e. The molecule has 0 aliphatic heterocycles. The van der Waals surface area contributed by atoms with Gasteiger partial charge in [0.2, 0.25) is 0 Å². The summed E-state index contributed by atoms with van der Waals surface area (Å²) in [6.07, 6.45) is 4.38. The van der Waals surface area contributed by atoms with E-state index >= 15 is 0 Å². The highest BCUT2D eigenvalue weighted by molar-refractivity contribution is 6.31. The normalized spacial score (nSPS) is 12.9. The molecule has 1 atom stereocenters. The Hall–Kier alpha value is -0.830. The first-order chi connectivity index (χ1) is 7.02. The number of nitrogens with zero attached hydrogens (tertiary/aromatic N) is 3. The van der Waals surface area contributed by atoms with Crippen LogP contribution in [0.2, 0.25) is 5.15 Å². The minimum absolute atomic E-state index is 0.416. The predicted octanol–water partition coefficient (Wildman–Crippen LogP) is 3.00. The van der Waals surface area contributed by atoms with Crippen molar-refractivity contribution in [1.82, 2.24) is 9.97 Å². The average molecular weight is 228 g/mol. The van der Waals surface area contributed by atoms with Gasteiger partial charge in [-0.15, -0.1) is 0 Å². The van der Waals surface area contributed by atoms with E-state index in [1.165, 1.54) is 0 Å². The van der Waals surface area contributed by atoms with Gasteiger partial charge in [0.05, 0.1) is 0 Å². The van der Waals surface area contributed by atoms with E-state index in [2.05, 4.69) is 35.6 Å². The number of anilines is 1. The summed E-state index contributed by atoms with van der Waals surface area (Å²) >= 11 is 5.98. The molecule has 1 heterocycles. The molecule has 0 bridgehead atoms. The van der Waals surface area contributed by atoms with Crippen molar-refractivity contribution in [2.45, 2.75) is 33.2 Å². The molecular weight excluding hydrogens is 210 g/mol. The lowest BCUT2D eigenvalue weighted by atomic mass is 10.0. The summed E-state index contributed by atoms with van der Waals surface area (Å²) < 4.78 is 0.